The Morgan fingerprint density at radius 1 is 1.18 bits per heavy atom. The third-order valence-corrected chi connectivity index (χ3v) is 2.01. The molecule has 0 atom stereocenters. The van der Waals surface area contributed by atoms with Crippen LogP contribution in [0, 0.1) is 0 Å². The molecule has 0 heterocycles. The van der Waals surface area contributed by atoms with E-state index in [1.165, 1.54) is 0 Å². The standard InChI is InChI=1S/C7H13F2NO/c8-7(9)11-6-3-1-5(10)2-4-6/h5-7H,1-4,10H2. The average Bonchev–Trinajstić information content (AvgIpc) is 1.93. The fourth-order valence-electron chi connectivity index (χ4n) is 1.37. The van der Waals surface area contributed by atoms with E-state index in [0.29, 0.717) is 12.8 Å². The van der Waals surface area contributed by atoms with Crippen LogP contribution >= 0.6 is 0 Å². The lowest BCUT2D eigenvalue weighted by Gasteiger charge is -2.25. The second-order valence-corrected chi connectivity index (χ2v) is 2.93. The number of nitrogens with two attached hydrogens (primary N) is 1. The van der Waals surface area contributed by atoms with E-state index in [2.05, 4.69) is 4.74 Å². The highest BCUT2D eigenvalue weighted by Gasteiger charge is 2.21. The van der Waals surface area contributed by atoms with Gasteiger partial charge >= 0.3 is 6.61 Å². The summed E-state index contributed by atoms with van der Waals surface area (Å²) < 4.78 is 27.7. The molecule has 0 aromatic heterocycles. The molecule has 2 N–H and O–H groups in total. The predicted molar refractivity (Wildman–Crippen MR) is 37.3 cm³/mol. The van der Waals surface area contributed by atoms with Crippen LogP contribution in [-0.4, -0.2) is 18.8 Å². The zero-order chi connectivity index (χ0) is 8.27. The second kappa shape index (κ2) is 3.97. The first-order valence-corrected chi connectivity index (χ1v) is 3.87. The first kappa shape index (κ1) is 8.87. The summed E-state index contributed by atoms with van der Waals surface area (Å²) in [5, 5.41) is 0. The molecule has 0 amide bonds. The maximum absolute atomic E-state index is 11.7. The molecule has 0 aromatic carbocycles. The Morgan fingerprint density at radius 3 is 2.18 bits per heavy atom. The van der Waals surface area contributed by atoms with Crippen LogP contribution in [0.25, 0.3) is 0 Å². The van der Waals surface area contributed by atoms with Gasteiger partial charge < -0.3 is 10.5 Å². The third kappa shape index (κ3) is 3.12. The van der Waals surface area contributed by atoms with E-state index in [9.17, 15) is 8.78 Å². The van der Waals surface area contributed by atoms with Gasteiger partial charge in [0.2, 0.25) is 0 Å². The predicted octanol–water partition coefficient (Wildman–Crippen LogP) is 1.50. The van der Waals surface area contributed by atoms with Crippen molar-refractivity contribution >= 4 is 0 Å². The molecule has 0 aliphatic heterocycles. The van der Waals surface area contributed by atoms with Crippen LogP contribution in [0.5, 0.6) is 0 Å². The van der Waals surface area contributed by atoms with E-state index in [1.807, 2.05) is 0 Å². The SMILES string of the molecule is NC1CCC(OC(F)F)CC1. The molecule has 66 valence electrons. The van der Waals surface area contributed by atoms with E-state index in [-0.39, 0.29) is 12.1 Å². The van der Waals surface area contributed by atoms with Gasteiger partial charge in [-0.15, -0.1) is 0 Å². The van der Waals surface area contributed by atoms with Gasteiger partial charge in [-0.3, -0.25) is 0 Å². The van der Waals surface area contributed by atoms with Crippen molar-refractivity contribution in [2.24, 2.45) is 5.73 Å². The lowest BCUT2D eigenvalue weighted by Crippen LogP contribution is -2.31. The second-order valence-electron chi connectivity index (χ2n) is 2.93. The minimum atomic E-state index is -2.63. The maximum atomic E-state index is 11.7. The number of alkyl halides is 2. The summed E-state index contributed by atoms with van der Waals surface area (Å²) in [6, 6.07) is 0.188. The molecule has 0 spiro atoms. The smallest absolute Gasteiger partial charge is 0.328 e. The van der Waals surface area contributed by atoms with Gasteiger partial charge in [-0.05, 0) is 25.7 Å². The molecule has 1 fully saturated rings. The first-order valence-electron chi connectivity index (χ1n) is 3.87. The summed E-state index contributed by atoms with van der Waals surface area (Å²) in [4.78, 5) is 0. The Bertz CT molecular complexity index is 113. The quantitative estimate of drug-likeness (QED) is 0.672. The fraction of sp³-hybridized carbons (Fsp3) is 1.00. The van der Waals surface area contributed by atoms with Gasteiger partial charge in [0, 0.05) is 6.04 Å². The molecular weight excluding hydrogens is 152 g/mol. The third-order valence-electron chi connectivity index (χ3n) is 2.01. The Kier molecular flexibility index (Phi) is 3.20. The minimum Gasteiger partial charge on any atom is -0.328 e. The molecule has 0 aromatic rings. The maximum Gasteiger partial charge on any atom is 0.345 e. The van der Waals surface area contributed by atoms with Crippen molar-refractivity contribution in [2.75, 3.05) is 0 Å². The molecule has 1 saturated carbocycles. The summed E-state index contributed by atoms with van der Waals surface area (Å²) >= 11 is 0. The van der Waals surface area contributed by atoms with E-state index < -0.39 is 6.61 Å². The molecule has 1 aliphatic rings. The Hall–Kier alpha value is -0.220. The lowest BCUT2D eigenvalue weighted by molar-refractivity contribution is -0.169. The summed E-state index contributed by atoms with van der Waals surface area (Å²) in [6.07, 6.45) is 2.68. The van der Waals surface area contributed by atoms with Crippen LogP contribution in [0.3, 0.4) is 0 Å². The Morgan fingerprint density at radius 2 is 1.73 bits per heavy atom. The van der Waals surface area contributed by atoms with Crippen LogP contribution in [0.4, 0.5) is 8.78 Å². The van der Waals surface area contributed by atoms with Crippen molar-refractivity contribution in [2.45, 2.75) is 44.4 Å². The zero-order valence-corrected chi connectivity index (χ0v) is 6.30. The monoisotopic (exact) mass is 165 g/mol. The number of hydrogen-bond donors (Lipinski definition) is 1. The molecular formula is C7H13F2NO. The molecule has 0 unspecified atom stereocenters. The van der Waals surface area contributed by atoms with Crippen LogP contribution in [0.1, 0.15) is 25.7 Å². The van der Waals surface area contributed by atoms with Crippen molar-refractivity contribution in [3.8, 4) is 0 Å². The van der Waals surface area contributed by atoms with Crippen LogP contribution in [0.2, 0.25) is 0 Å². The van der Waals surface area contributed by atoms with Crippen molar-refractivity contribution in [1.29, 1.82) is 0 Å². The van der Waals surface area contributed by atoms with Crippen LogP contribution in [-0.2, 0) is 4.74 Å². The Balaban J connectivity index is 2.17. The highest BCUT2D eigenvalue weighted by Crippen LogP contribution is 2.21. The fourth-order valence-corrected chi connectivity index (χ4v) is 1.37. The normalized spacial score (nSPS) is 32.7. The Labute approximate surface area is 64.7 Å². The van der Waals surface area contributed by atoms with Gasteiger partial charge in [-0.2, -0.15) is 8.78 Å². The summed E-state index contributed by atoms with van der Waals surface area (Å²) in [5.74, 6) is 0. The van der Waals surface area contributed by atoms with E-state index >= 15 is 0 Å². The van der Waals surface area contributed by atoms with E-state index in [1.54, 1.807) is 0 Å². The number of hydrogen-bond acceptors (Lipinski definition) is 2. The van der Waals surface area contributed by atoms with Gasteiger partial charge in [-0.1, -0.05) is 0 Å². The van der Waals surface area contributed by atoms with E-state index in [0.717, 1.165) is 12.8 Å². The summed E-state index contributed by atoms with van der Waals surface area (Å²) in [6.45, 7) is -2.63. The molecule has 0 bridgehead atoms. The number of ether oxygens (including phenoxy) is 1. The molecule has 4 heteroatoms. The molecule has 1 rings (SSSR count). The van der Waals surface area contributed by atoms with Crippen molar-refractivity contribution in [3.63, 3.8) is 0 Å². The van der Waals surface area contributed by atoms with Crippen LogP contribution < -0.4 is 5.73 Å². The topological polar surface area (TPSA) is 35.2 Å². The summed E-state index contributed by atoms with van der Waals surface area (Å²) in [7, 11) is 0. The van der Waals surface area contributed by atoms with Gasteiger partial charge in [0.05, 0.1) is 6.10 Å². The number of halogens is 2. The highest BCUT2D eigenvalue weighted by molar-refractivity contribution is 4.74. The minimum absolute atomic E-state index is 0.188. The zero-order valence-electron chi connectivity index (χ0n) is 6.30. The molecule has 11 heavy (non-hydrogen) atoms. The first-order chi connectivity index (χ1) is 5.18. The molecule has 2 nitrogen and oxygen atoms in total. The van der Waals surface area contributed by atoms with Crippen molar-refractivity contribution in [1.82, 2.24) is 0 Å². The molecule has 0 radical (unpaired) electrons. The van der Waals surface area contributed by atoms with Crippen molar-refractivity contribution in [3.05, 3.63) is 0 Å². The highest BCUT2D eigenvalue weighted by atomic mass is 19.3. The molecule has 0 saturated heterocycles. The van der Waals surface area contributed by atoms with Gasteiger partial charge in [-0.25, -0.2) is 0 Å². The largest absolute Gasteiger partial charge is 0.345 e. The lowest BCUT2D eigenvalue weighted by atomic mass is 9.94. The molecule has 1 aliphatic carbocycles. The van der Waals surface area contributed by atoms with E-state index in [4.69, 9.17) is 5.73 Å². The van der Waals surface area contributed by atoms with Gasteiger partial charge in [0.25, 0.3) is 0 Å². The number of rotatable bonds is 2. The van der Waals surface area contributed by atoms with Gasteiger partial charge in [0.1, 0.15) is 0 Å². The summed E-state index contributed by atoms with van der Waals surface area (Å²) in [5.41, 5.74) is 5.58. The van der Waals surface area contributed by atoms with Gasteiger partial charge in [0.15, 0.2) is 0 Å². The van der Waals surface area contributed by atoms with Crippen LogP contribution in [0.15, 0.2) is 0 Å². The average molecular weight is 165 g/mol. The van der Waals surface area contributed by atoms with Crippen molar-refractivity contribution < 1.29 is 13.5 Å².